The van der Waals surface area contributed by atoms with Gasteiger partial charge in [0.25, 0.3) is 0 Å². The predicted molar refractivity (Wildman–Crippen MR) is 89.8 cm³/mol. The zero-order valence-corrected chi connectivity index (χ0v) is 12.3. The van der Waals surface area contributed by atoms with Gasteiger partial charge in [-0.3, -0.25) is 0 Å². The minimum Gasteiger partial charge on any atom is -0.433 e. The Balaban J connectivity index is 1.73. The summed E-state index contributed by atoms with van der Waals surface area (Å²) in [6, 6.07) is 11.9. The number of rotatable bonds is 1. The Bertz CT molecular complexity index is 1300. The molecule has 0 unspecified atom stereocenters. The number of benzene rings is 1. The van der Waals surface area contributed by atoms with Crippen LogP contribution in [0.25, 0.3) is 39.7 Å². The molecular formula is C18H9N5O. The summed E-state index contributed by atoms with van der Waals surface area (Å²) in [5, 5.41) is 1.70. The van der Waals surface area contributed by atoms with E-state index in [-0.39, 0.29) is 0 Å². The van der Waals surface area contributed by atoms with Crippen LogP contribution in [0.2, 0.25) is 0 Å². The molecule has 24 heavy (non-hydrogen) atoms. The van der Waals surface area contributed by atoms with E-state index in [0.29, 0.717) is 27.7 Å². The number of furan rings is 1. The van der Waals surface area contributed by atoms with Crippen molar-refractivity contribution < 1.29 is 4.42 Å². The van der Waals surface area contributed by atoms with E-state index < -0.39 is 0 Å². The highest BCUT2D eigenvalue weighted by atomic mass is 16.3. The predicted octanol–water partition coefficient (Wildman–Crippen LogP) is 1.99. The molecule has 112 valence electrons. The van der Waals surface area contributed by atoms with Crippen molar-refractivity contribution in [3.8, 4) is 11.4 Å². The van der Waals surface area contributed by atoms with E-state index in [1.54, 1.807) is 12.4 Å². The molecule has 5 rings (SSSR count). The number of aliphatic imine (C=N–C) groups is 1. The van der Waals surface area contributed by atoms with E-state index in [9.17, 15) is 0 Å². The average Bonchev–Trinajstić information content (AvgIpc) is 2.81. The van der Waals surface area contributed by atoms with Crippen molar-refractivity contribution in [3.05, 3.63) is 59.6 Å². The molecule has 0 saturated heterocycles. The van der Waals surface area contributed by atoms with Crippen molar-refractivity contribution in [2.75, 3.05) is 0 Å². The number of hydrogen-bond acceptors (Lipinski definition) is 6. The monoisotopic (exact) mass is 311 g/mol. The second kappa shape index (κ2) is 4.94. The molecule has 1 aromatic carbocycles. The Labute approximate surface area is 135 Å². The Morgan fingerprint density at radius 2 is 1.92 bits per heavy atom. The van der Waals surface area contributed by atoms with Crippen molar-refractivity contribution in [2.45, 2.75) is 0 Å². The van der Waals surface area contributed by atoms with Crippen molar-refractivity contribution in [1.29, 1.82) is 0 Å². The van der Waals surface area contributed by atoms with Gasteiger partial charge in [-0.15, -0.1) is 0 Å². The minimum absolute atomic E-state index is 0.415. The fourth-order valence-corrected chi connectivity index (χ4v) is 2.64. The lowest BCUT2D eigenvalue weighted by molar-refractivity contribution is 0.561. The number of aromatic nitrogens is 3. The van der Waals surface area contributed by atoms with E-state index in [1.165, 1.54) is 6.20 Å². The van der Waals surface area contributed by atoms with Gasteiger partial charge < -0.3 is 4.42 Å². The first kappa shape index (κ1) is 12.9. The highest BCUT2D eigenvalue weighted by Gasteiger charge is 2.11. The lowest BCUT2D eigenvalue weighted by Gasteiger charge is -2.01. The van der Waals surface area contributed by atoms with Gasteiger partial charge >= 0.3 is 0 Å². The van der Waals surface area contributed by atoms with Crippen LogP contribution in [0.5, 0.6) is 0 Å². The molecule has 0 atom stereocenters. The molecule has 3 aromatic heterocycles. The second-order valence-corrected chi connectivity index (χ2v) is 5.26. The van der Waals surface area contributed by atoms with E-state index in [4.69, 9.17) is 4.42 Å². The van der Waals surface area contributed by atoms with Crippen LogP contribution in [0.1, 0.15) is 0 Å². The standard InChI is InChI=1S/C18H9N5O/c1-2-4-12-11(3-1)5-6-13(22-12)14-9-21-17-16-15(24-18(17)23-14)10-19-7-8-20-16/h1-6,8-10H. The molecule has 0 bridgehead atoms. The maximum absolute atomic E-state index is 5.72. The Morgan fingerprint density at radius 3 is 2.92 bits per heavy atom. The highest BCUT2D eigenvalue weighted by Crippen LogP contribution is 2.19. The normalized spacial score (nSPS) is 12.7. The largest absolute Gasteiger partial charge is 0.433 e. The first-order valence-corrected chi connectivity index (χ1v) is 7.35. The zero-order chi connectivity index (χ0) is 15.9. The highest BCUT2D eigenvalue weighted by molar-refractivity contribution is 5.81. The summed E-state index contributed by atoms with van der Waals surface area (Å²) in [5.41, 5.74) is 3.84. The van der Waals surface area contributed by atoms with Gasteiger partial charge in [0.05, 0.1) is 29.8 Å². The molecule has 4 heterocycles. The van der Waals surface area contributed by atoms with Gasteiger partial charge in [-0.05, 0) is 12.1 Å². The fraction of sp³-hybridized carbons (Fsp3) is 0. The van der Waals surface area contributed by atoms with Gasteiger partial charge in [-0.25, -0.2) is 24.9 Å². The summed E-state index contributed by atoms with van der Waals surface area (Å²) in [6.07, 6.45) is 4.72. The Kier molecular flexibility index (Phi) is 2.65. The van der Waals surface area contributed by atoms with Crippen LogP contribution in [0.4, 0.5) is 0 Å². The van der Waals surface area contributed by atoms with Crippen molar-refractivity contribution in [2.24, 2.45) is 9.98 Å². The van der Waals surface area contributed by atoms with Crippen LogP contribution in [0.15, 0.2) is 63.2 Å². The molecular weight excluding hydrogens is 302 g/mol. The van der Waals surface area contributed by atoms with Gasteiger partial charge in [0.1, 0.15) is 11.1 Å². The minimum atomic E-state index is 0.415. The maximum atomic E-state index is 5.72. The summed E-state index contributed by atoms with van der Waals surface area (Å²) in [5.74, 6) is 2.66. The number of fused-ring (bicyclic) bond motifs is 4. The third kappa shape index (κ3) is 1.95. The summed E-state index contributed by atoms with van der Waals surface area (Å²) >= 11 is 0. The van der Waals surface area contributed by atoms with Gasteiger partial charge in [-0.1, -0.05) is 24.3 Å². The van der Waals surface area contributed by atoms with Gasteiger partial charge in [0, 0.05) is 11.3 Å². The molecule has 0 N–H and O–H groups in total. The number of nitrogens with zero attached hydrogens (tertiary/aromatic N) is 5. The van der Waals surface area contributed by atoms with Crippen LogP contribution < -0.4 is 10.8 Å². The number of pyridine rings is 1. The molecule has 4 aromatic rings. The molecule has 0 fully saturated rings. The van der Waals surface area contributed by atoms with Gasteiger partial charge in [0.15, 0.2) is 10.9 Å². The van der Waals surface area contributed by atoms with E-state index in [1.807, 2.05) is 36.4 Å². The van der Waals surface area contributed by atoms with Crippen LogP contribution in [-0.2, 0) is 0 Å². The summed E-state index contributed by atoms with van der Waals surface area (Å²) in [4.78, 5) is 21.8. The second-order valence-electron chi connectivity index (χ2n) is 5.26. The van der Waals surface area contributed by atoms with Crippen molar-refractivity contribution in [1.82, 2.24) is 15.0 Å². The maximum Gasteiger partial charge on any atom is 0.248 e. The molecule has 0 amide bonds. The summed E-state index contributed by atoms with van der Waals surface area (Å²) in [7, 11) is 0. The average molecular weight is 311 g/mol. The summed E-state index contributed by atoms with van der Waals surface area (Å²) < 4.78 is 5.72. The van der Waals surface area contributed by atoms with Gasteiger partial charge in [0.2, 0.25) is 5.71 Å². The van der Waals surface area contributed by atoms with Crippen LogP contribution in [0.3, 0.4) is 0 Å². The molecule has 1 aliphatic rings. The Morgan fingerprint density at radius 1 is 0.958 bits per heavy atom. The van der Waals surface area contributed by atoms with Crippen LogP contribution in [-0.4, -0.2) is 20.8 Å². The van der Waals surface area contributed by atoms with Crippen molar-refractivity contribution >= 4 is 34.2 Å². The third-order valence-corrected chi connectivity index (χ3v) is 3.77. The molecule has 0 saturated carbocycles. The van der Waals surface area contributed by atoms with Crippen molar-refractivity contribution in [3.63, 3.8) is 0 Å². The zero-order valence-electron chi connectivity index (χ0n) is 12.3. The number of para-hydroxylation sites is 1. The first-order valence-electron chi connectivity index (χ1n) is 7.35. The molecule has 6 nitrogen and oxygen atoms in total. The Hall–Kier alpha value is -3.63. The molecule has 0 radical (unpaired) electrons. The smallest absolute Gasteiger partial charge is 0.248 e. The topological polar surface area (TPSA) is 76.5 Å². The molecule has 0 spiro atoms. The SMILES string of the molecule is C1=CN=c2c(oc3nc(-c4ccc5ccccc5n4)cnc23)=CN=1. The lowest BCUT2D eigenvalue weighted by atomic mass is 10.2. The van der Waals surface area contributed by atoms with E-state index >= 15 is 0 Å². The quantitative estimate of drug-likeness (QED) is 0.538. The lowest BCUT2D eigenvalue weighted by Crippen LogP contribution is -2.19. The summed E-state index contributed by atoms with van der Waals surface area (Å²) in [6.45, 7) is 0. The van der Waals surface area contributed by atoms with Gasteiger partial charge in [-0.2, -0.15) is 0 Å². The van der Waals surface area contributed by atoms with E-state index in [2.05, 4.69) is 30.8 Å². The molecule has 0 aliphatic carbocycles. The third-order valence-electron chi connectivity index (χ3n) is 3.77. The first-order chi connectivity index (χ1) is 11.9. The molecule has 1 aliphatic heterocycles. The number of hydrogen-bond donors (Lipinski definition) is 0. The van der Waals surface area contributed by atoms with E-state index in [0.717, 1.165) is 16.6 Å². The van der Waals surface area contributed by atoms with Crippen LogP contribution >= 0.6 is 0 Å². The fourth-order valence-electron chi connectivity index (χ4n) is 2.64. The molecule has 6 heteroatoms. The van der Waals surface area contributed by atoms with Crippen LogP contribution in [0, 0.1) is 0 Å².